The summed E-state index contributed by atoms with van der Waals surface area (Å²) in [6.45, 7) is 3.61. The summed E-state index contributed by atoms with van der Waals surface area (Å²) in [6, 6.07) is 10.0. The number of unbranched alkanes of at least 4 members (excludes halogenated alkanes) is 2. The molecule has 2 atom stereocenters. The molecule has 0 bridgehead atoms. The lowest BCUT2D eigenvalue weighted by Gasteiger charge is -2.17. The van der Waals surface area contributed by atoms with E-state index in [2.05, 4.69) is 0 Å². The number of amides is 1. The van der Waals surface area contributed by atoms with Crippen molar-refractivity contribution in [3.63, 3.8) is 0 Å². The quantitative estimate of drug-likeness (QED) is 0.723. The van der Waals surface area contributed by atoms with Gasteiger partial charge < -0.3 is 10.6 Å². The molecule has 24 heavy (non-hydrogen) atoms. The lowest BCUT2D eigenvalue weighted by molar-refractivity contribution is -0.127. The summed E-state index contributed by atoms with van der Waals surface area (Å²) >= 11 is 0. The first-order valence-corrected chi connectivity index (χ1v) is 10.5. The number of nitrogens with two attached hydrogens (primary N) is 1. The number of sulfone groups is 1. The highest BCUT2D eigenvalue weighted by molar-refractivity contribution is 7.92. The first kappa shape index (κ1) is 18.9. The molecule has 1 amide bonds. The Morgan fingerprint density at radius 3 is 2.54 bits per heavy atom. The molecule has 1 aliphatic heterocycles. The van der Waals surface area contributed by atoms with E-state index in [0.717, 1.165) is 18.4 Å². The van der Waals surface area contributed by atoms with Crippen LogP contribution in [0.1, 0.15) is 37.7 Å². The number of likely N-dealkylation sites (tertiary alicyclic amines) is 1. The van der Waals surface area contributed by atoms with Gasteiger partial charge >= 0.3 is 0 Å². The highest BCUT2D eigenvalue weighted by Crippen LogP contribution is 2.32. The van der Waals surface area contributed by atoms with Crippen LogP contribution in [0.3, 0.4) is 0 Å². The molecule has 2 rings (SSSR count). The van der Waals surface area contributed by atoms with E-state index in [9.17, 15) is 13.2 Å². The Hall–Kier alpha value is -1.40. The molecule has 2 N–H and O–H groups in total. The standard InChI is InChI=1S/C18H28N2O3S/c1-2-3-7-10-24(22,23)14-18(21)20-12-16(11-19)17(13-20)15-8-5-4-6-9-15/h4-6,8-9,16-17H,2-3,7,10-14,19H2,1H3/t16-,17+/m1/s1. The molecule has 1 aromatic rings. The lowest BCUT2D eigenvalue weighted by Crippen LogP contribution is -2.35. The van der Waals surface area contributed by atoms with Crippen molar-refractivity contribution in [2.75, 3.05) is 31.1 Å². The molecular formula is C18H28N2O3S. The SMILES string of the molecule is CCCCCS(=O)(=O)CC(=O)N1C[C@@H](CN)[C@H](c2ccccc2)C1. The van der Waals surface area contributed by atoms with Gasteiger partial charge in [-0.1, -0.05) is 50.1 Å². The Bertz CT molecular complexity index is 631. The number of rotatable bonds is 8. The van der Waals surface area contributed by atoms with Gasteiger partial charge in [0.15, 0.2) is 9.84 Å². The van der Waals surface area contributed by atoms with Crippen molar-refractivity contribution < 1.29 is 13.2 Å². The predicted molar refractivity (Wildman–Crippen MR) is 96.5 cm³/mol. The summed E-state index contributed by atoms with van der Waals surface area (Å²) in [5, 5.41) is 0. The van der Waals surface area contributed by atoms with E-state index in [1.165, 1.54) is 0 Å². The Morgan fingerprint density at radius 2 is 1.92 bits per heavy atom. The Morgan fingerprint density at radius 1 is 1.21 bits per heavy atom. The molecule has 1 aromatic carbocycles. The smallest absolute Gasteiger partial charge is 0.237 e. The van der Waals surface area contributed by atoms with Crippen LogP contribution in [0.25, 0.3) is 0 Å². The molecule has 0 aromatic heterocycles. The second kappa shape index (κ2) is 8.62. The number of hydrogen-bond donors (Lipinski definition) is 1. The van der Waals surface area contributed by atoms with Crippen LogP contribution in [0.15, 0.2) is 30.3 Å². The summed E-state index contributed by atoms with van der Waals surface area (Å²) in [6.07, 6.45) is 2.47. The summed E-state index contributed by atoms with van der Waals surface area (Å²) in [4.78, 5) is 14.1. The van der Waals surface area contributed by atoms with Crippen LogP contribution in [-0.4, -0.2) is 50.4 Å². The maximum atomic E-state index is 12.4. The van der Waals surface area contributed by atoms with E-state index in [4.69, 9.17) is 5.73 Å². The fourth-order valence-electron chi connectivity index (χ4n) is 3.32. The summed E-state index contributed by atoms with van der Waals surface area (Å²) in [5.41, 5.74) is 7.04. The minimum Gasteiger partial charge on any atom is -0.341 e. The van der Waals surface area contributed by atoms with E-state index in [-0.39, 0.29) is 29.2 Å². The van der Waals surface area contributed by atoms with Crippen LogP contribution < -0.4 is 5.73 Å². The third-order valence-corrected chi connectivity index (χ3v) is 6.32. The van der Waals surface area contributed by atoms with Crippen LogP contribution in [0.4, 0.5) is 0 Å². The van der Waals surface area contributed by atoms with Crippen molar-refractivity contribution in [3.05, 3.63) is 35.9 Å². The highest BCUT2D eigenvalue weighted by Gasteiger charge is 2.36. The van der Waals surface area contributed by atoms with Gasteiger partial charge in [0.1, 0.15) is 5.75 Å². The predicted octanol–water partition coefficient (Wildman–Crippen LogP) is 1.79. The molecule has 1 fully saturated rings. The van der Waals surface area contributed by atoms with Gasteiger partial charge in [0.2, 0.25) is 5.91 Å². The van der Waals surface area contributed by atoms with E-state index in [1.807, 2.05) is 37.3 Å². The second-order valence-corrected chi connectivity index (χ2v) is 8.79. The molecule has 0 radical (unpaired) electrons. The van der Waals surface area contributed by atoms with E-state index in [0.29, 0.717) is 26.1 Å². The number of carbonyl (C=O) groups is 1. The number of benzene rings is 1. The molecule has 0 spiro atoms. The van der Waals surface area contributed by atoms with Gasteiger partial charge in [0, 0.05) is 19.0 Å². The fourth-order valence-corrected chi connectivity index (χ4v) is 4.66. The van der Waals surface area contributed by atoms with Crippen molar-refractivity contribution in [3.8, 4) is 0 Å². The average Bonchev–Trinajstić information content (AvgIpc) is 3.00. The number of carbonyl (C=O) groups excluding carboxylic acids is 1. The van der Waals surface area contributed by atoms with Gasteiger partial charge in [-0.2, -0.15) is 0 Å². The third-order valence-electron chi connectivity index (χ3n) is 4.73. The first-order chi connectivity index (χ1) is 11.5. The molecule has 134 valence electrons. The third kappa shape index (κ3) is 5.05. The summed E-state index contributed by atoms with van der Waals surface area (Å²) in [5.74, 6) is -0.205. The van der Waals surface area contributed by atoms with Gasteiger partial charge in [-0.05, 0) is 24.4 Å². The monoisotopic (exact) mass is 352 g/mol. The van der Waals surface area contributed by atoms with Crippen LogP contribution in [0, 0.1) is 5.92 Å². The molecule has 0 aliphatic carbocycles. The second-order valence-electron chi connectivity index (χ2n) is 6.61. The zero-order valence-corrected chi connectivity index (χ0v) is 15.2. The Labute approximate surface area is 145 Å². The van der Waals surface area contributed by atoms with Gasteiger partial charge in [0.05, 0.1) is 5.75 Å². The minimum absolute atomic E-state index is 0.100. The number of hydrogen-bond acceptors (Lipinski definition) is 4. The normalized spacial score (nSPS) is 21.2. The zero-order chi connectivity index (χ0) is 17.6. The highest BCUT2D eigenvalue weighted by atomic mass is 32.2. The Balaban J connectivity index is 1.98. The van der Waals surface area contributed by atoms with Gasteiger partial charge in [-0.15, -0.1) is 0 Å². The molecule has 1 saturated heterocycles. The van der Waals surface area contributed by atoms with Crippen LogP contribution >= 0.6 is 0 Å². The molecule has 1 aliphatic rings. The zero-order valence-electron chi connectivity index (χ0n) is 14.4. The van der Waals surface area contributed by atoms with Crippen LogP contribution in [0.2, 0.25) is 0 Å². The summed E-state index contributed by atoms with van der Waals surface area (Å²) in [7, 11) is -3.32. The van der Waals surface area contributed by atoms with E-state index < -0.39 is 9.84 Å². The van der Waals surface area contributed by atoms with Crippen LogP contribution in [-0.2, 0) is 14.6 Å². The lowest BCUT2D eigenvalue weighted by atomic mass is 9.89. The molecule has 5 nitrogen and oxygen atoms in total. The molecule has 1 heterocycles. The maximum absolute atomic E-state index is 12.4. The first-order valence-electron chi connectivity index (χ1n) is 8.70. The molecule has 6 heteroatoms. The van der Waals surface area contributed by atoms with Gasteiger partial charge in [0.25, 0.3) is 0 Å². The summed E-state index contributed by atoms with van der Waals surface area (Å²) < 4.78 is 24.2. The van der Waals surface area contributed by atoms with Crippen molar-refractivity contribution >= 4 is 15.7 Å². The molecule has 0 unspecified atom stereocenters. The fraction of sp³-hybridized carbons (Fsp3) is 0.611. The van der Waals surface area contributed by atoms with E-state index >= 15 is 0 Å². The average molecular weight is 353 g/mol. The number of nitrogens with zero attached hydrogens (tertiary/aromatic N) is 1. The molecule has 0 saturated carbocycles. The molecular weight excluding hydrogens is 324 g/mol. The Kier molecular flexibility index (Phi) is 6.80. The van der Waals surface area contributed by atoms with Gasteiger partial charge in [-0.25, -0.2) is 8.42 Å². The topological polar surface area (TPSA) is 80.5 Å². The maximum Gasteiger partial charge on any atom is 0.237 e. The van der Waals surface area contributed by atoms with Crippen molar-refractivity contribution in [1.82, 2.24) is 4.90 Å². The van der Waals surface area contributed by atoms with Gasteiger partial charge in [-0.3, -0.25) is 4.79 Å². The largest absolute Gasteiger partial charge is 0.341 e. The van der Waals surface area contributed by atoms with E-state index in [1.54, 1.807) is 4.90 Å². The van der Waals surface area contributed by atoms with Crippen molar-refractivity contribution in [1.29, 1.82) is 0 Å². The van der Waals surface area contributed by atoms with Crippen molar-refractivity contribution in [2.24, 2.45) is 11.7 Å². The van der Waals surface area contributed by atoms with Crippen molar-refractivity contribution in [2.45, 2.75) is 32.1 Å². The minimum atomic E-state index is -3.32. The van der Waals surface area contributed by atoms with Crippen LogP contribution in [0.5, 0.6) is 0 Å².